The summed E-state index contributed by atoms with van der Waals surface area (Å²) in [5, 5.41) is 2.94. The number of ether oxygens (including phenoxy) is 2. The number of hydrogen-bond acceptors (Lipinski definition) is 4. The number of amides is 1. The average Bonchev–Trinajstić information content (AvgIpc) is 3.08. The third-order valence-electron chi connectivity index (χ3n) is 3.58. The van der Waals surface area contributed by atoms with Crippen LogP contribution >= 0.6 is 0 Å². The predicted octanol–water partition coefficient (Wildman–Crippen LogP) is 0.736. The molecule has 5 nitrogen and oxygen atoms in total. The van der Waals surface area contributed by atoms with E-state index in [4.69, 9.17) is 15.2 Å². The Morgan fingerprint density at radius 2 is 2.35 bits per heavy atom. The van der Waals surface area contributed by atoms with Crippen molar-refractivity contribution >= 4 is 5.91 Å². The maximum atomic E-state index is 11.9. The number of benzene rings is 1. The Balaban J connectivity index is 1.48. The van der Waals surface area contributed by atoms with Gasteiger partial charge in [-0.15, -0.1) is 0 Å². The van der Waals surface area contributed by atoms with Crippen molar-refractivity contribution in [2.45, 2.75) is 31.2 Å². The molecule has 0 saturated carbocycles. The number of carbonyl (C=O) groups is 1. The van der Waals surface area contributed by atoms with Crippen molar-refractivity contribution in [1.82, 2.24) is 5.32 Å². The van der Waals surface area contributed by atoms with Crippen LogP contribution in [-0.2, 0) is 16.1 Å². The third kappa shape index (κ3) is 2.84. The first kappa shape index (κ1) is 13.1. The van der Waals surface area contributed by atoms with Crippen LogP contribution in [0.1, 0.15) is 12.0 Å². The van der Waals surface area contributed by atoms with E-state index < -0.39 is 0 Å². The topological polar surface area (TPSA) is 73.6 Å². The first-order valence-corrected chi connectivity index (χ1v) is 6.79. The Morgan fingerprint density at radius 1 is 1.45 bits per heavy atom. The van der Waals surface area contributed by atoms with E-state index in [9.17, 15) is 4.79 Å². The van der Waals surface area contributed by atoms with Gasteiger partial charge in [-0.2, -0.15) is 0 Å². The Morgan fingerprint density at radius 3 is 3.05 bits per heavy atom. The summed E-state index contributed by atoms with van der Waals surface area (Å²) < 4.78 is 11.1. The van der Waals surface area contributed by atoms with E-state index >= 15 is 0 Å². The molecule has 0 aromatic heterocycles. The molecule has 0 aliphatic carbocycles. The maximum absolute atomic E-state index is 11.9. The third-order valence-corrected chi connectivity index (χ3v) is 3.58. The molecule has 2 aliphatic heterocycles. The molecule has 20 heavy (non-hydrogen) atoms. The zero-order chi connectivity index (χ0) is 13.9. The highest BCUT2D eigenvalue weighted by atomic mass is 16.5. The van der Waals surface area contributed by atoms with Crippen LogP contribution in [0.15, 0.2) is 36.4 Å². The zero-order valence-corrected chi connectivity index (χ0v) is 11.1. The molecule has 5 heteroatoms. The van der Waals surface area contributed by atoms with Crippen molar-refractivity contribution in [2.24, 2.45) is 5.73 Å². The zero-order valence-electron chi connectivity index (χ0n) is 11.1. The molecule has 3 unspecified atom stereocenters. The summed E-state index contributed by atoms with van der Waals surface area (Å²) in [5.74, 6) is 0.532. The molecule has 0 spiro atoms. The molecular weight excluding hydrogens is 256 g/mol. The smallest absolute Gasteiger partial charge is 0.258 e. The molecule has 1 fully saturated rings. The van der Waals surface area contributed by atoms with Gasteiger partial charge in [-0.25, -0.2) is 0 Å². The summed E-state index contributed by atoms with van der Waals surface area (Å²) in [4.78, 5) is 11.9. The van der Waals surface area contributed by atoms with E-state index in [1.54, 1.807) is 0 Å². The molecule has 106 valence electrons. The van der Waals surface area contributed by atoms with Gasteiger partial charge < -0.3 is 20.5 Å². The first-order chi connectivity index (χ1) is 9.74. The average molecular weight is 274 g/mol. The van der Waals surface area contributed by atoms with Crippen molar-refractivity contribution in [2.75, 3.05) is 6.61 Å². The van der Waals surface area contributed by atoms with Crippen LogP contribution in [0.3, 0.4) is 0 Å². The second-order valence-electron chi connectivity index (χ2n) is 5.07. The van der Waals surface area contributed by atoms with Gasteiger partial charge in [0.2, 0.25) is 0 Å². The van der Waals surface area contributed by atoms with Gasteiger partial charge in [-0.3, -0.25) is 4.79 Å². The summed E-state index contributed by atoms with van der Waals surface area (Å²) in [5.41, 5.74) is 6.54. The lowest BCUT2D eigenvalue weighted by atomic mass is 10.0. The number of rotatable bonds is 5. The van der Waals surface area contributed by atoms with Crippen molar-refractivity contribution in [3.63, 3.8) is 0 Å². The largest absolute Gasteiger partial charge is 0.484 e. The van der Waals surface area contributed by atoms with Gasteiger partial charge in [0.15, 0.2) is 6.61 Å². The van der Waals surface area contributed by atoms with Gasteiger partial charge in [0.1, 0.15) is 5.75 Å². The number of fused-ring (bicyclic) bond motifs is 2. The monoisotopic (exact) mass is 274 g/mol. The molecular formula is C15H18N2O3. The molecule has 2 aliphatic rings. The standard InChI is InChI=1S/C15H18N2O3/c16-8-10-2-1-3-11(6-10)19-9-15(18)17-13-7-12-4-5-14(13)20-12/h1-6,12-14H,7-9,16H2,(H,17,18). The minimum absolute atomic E-state index is 0.00558. The SMILES string of the molecule is NCc1cccc(OCC(=O)NC2CC3C=CC2O3)c1. The van der Waals surface area contributed by atoms with Gasteiger partial charge in [-0.1, -0.05) is 24.3 Å². The van der Waals surface area contributed by atoms with Crippen molar-refractivity contribution in [3.8, 4) is 5.75 Å². The van der Waals surface area contributed by atoms with Crippen LogP contribution < -0.4 is 15.8 Å². The van der Waals surface area contributed by atoms with Crippen LogP contribution in [0.25, 0.3) is 0 Å². The second-order valence-corrected chi connectivity index (χ2v) is 5.07. The second kappa shape index (κ2) is 5.64. The van der Waals surface area contributed by atoms with Crippen LogP contribution in [0, 0.1) is 0 Å². The van der Waals surface area contributed by atoms with Gasteiger partial charge in [0, 0.05) is 13.0 Å². The Hall–Kier alpha value is -1.85. The lowest BCUT2D eigenvalue weighted by Crippen LogP contribution is -2.42. The van der Waals surface area contributed by atoms with Crippen LogP contribution in [0.5, 0.6) is 5.75 Å². The summed E-state index contributed by atoms with van der Waals surface area (Å²) >= 11 is 0. The van der Waals surface area contributed by atoms with E-state index in [1.807, 2.05) is 36.4 Å². The summed E-state index contributed by atoms with van der Waals surface area (Å²) in [6.45, 7) is 0.462. The van der Waals surface area contributed by atoms with Crippen molar-refractivity contribution < 1.29 is 14.3 Å². The number of nitrogens with one attached hydrogen (secondary N) is 1. The van der Waals surface area contributed by atoms with E-state index in [-0.39, 0.29) is 30.8 Å². The van der Waals surface area contributed by atoms with Gasteiger partial charge in [0.05, 0.1) is 18.2 Å². The van der Waals surface area contributed by atoms with Crippen molar-refractivity contribution in [1.29, 1.82) is 0 Å². The summed E-state index contributed by atoms with van der Waals surface area (Å²) in [7, 11) is 0. The molecule has 3 rings (SSSR count). The Labute approximate surface area is 117 Å². The molecule has 3 N–H and O–H groups in total. The number of carbonyl (C=O) groups excluding carboxylic acids is 1. The fourth-order valence-corrected chi connectivity index (χ4v) is 2.57. The number of hydrogen-bond donors (Lipinski definition) is 2. The lowest BCUT2D eigenvalue weighted by Gasteiger charge is -2.17. The Kier molecular flexibility index (Phi) is 3.71. The van der Waals surface area contributed by atoms with Crippen LogP contribution in [0.4, 0.5) is 0 Å². The van der Waals surface area contributed by atoms with E-state index in [1.165, 1.54) is 0 Å². The van der Waals surface area contributed by atoms with Crippen LogP contribution in [0.2, 0.25) is 0 Å². The minimum Gasteiger partial charge on any atom is -0.484 e. The van der Waals surface area contributed by atoms with E-state index in [0.29, 0.717) is 12.3 Å². The van der Waals surface area contributed by atoms with Crippen LogP contribution in [-0.4, -0.2) is 30.8 Å². The highest BCUT2D eigenvalue weighted by Gasteiger charge is 2.37. The lowest BCUT2D eigenvalue weighted by molar-refractivity contribution is -0.124. The molecule has 1 aromatic rings. The van der Waals surface area contributed by atoms with E-state index in [2.05, 4.69) is 5.32 Å². The quantitative estimate of drug-likeness (QED) is 0.777. The summed E-state index contributed by atoms with van der Waals surface area (Å²) in [6.07, 6.45) is 5.07. The molecule has 1 amide bonds. The predicted molar refractivity (Wildman–Crippen MR) is 74.2 cm³/mol. The molecule has 1 saturated heterocycles. The molecule has 1 aromatic carbocycles. The fourth-order valence-electron chi connectivity index (χ4n) is 2.57. The van der Waals surface area contributed by atoms with Crippen molar-refractivity contribution in [3.05, 3.63) is 42.0 Å². The van der Waals surface area contributed by atoms with Gasteiger partial charge >= 0.3 is 0 Å². The highest BCUT2D eigenvalue weighted by Crippen LogP contribution is 2.28. The first-order valence-electron chi connectivity index (χ1n) is 6.79. The minimum atomic E-state index is -0.127. The van der Waals surface area contributed by atoms with E-state index in [0.717, 1.165) is 12.0 Å². The highest BCUT2D eigenvalue weighted by molar-refractivity contribution is 5.78. The molecule has 2 heterocycles. The maximum Gasteiger partial charge on any atom is 0.258 e. The van der Waals surface area contributed by atoms with Gasteiger partial charge in [0.25, 0.3) is 5.91 Å². The molecule has 0 radical (unpaired) electrons. The normalized spacial score (nSPS) is 26.8. The van der Waals surface area contributed by atoms with Gasteiger partial charge in [-0.05, 0) is 17.7 Å². The fraction of sp³-hybridized carbons (Fsp3) is 0.400. The molecule has 2 bridgehead atoms. The summed E-state index contributed by atoms with van der Waals surface area (Å²) in [6, 6.07) is 7.51. The Bertz CT molecular complexity index is 530. The number of nitrogens with two attached hydrogens (primary N) is 1. The molecule has 3 atom stereocenters.